The summed E-state index contributed by atoms with van der Waals surface area (Å²) in [5.41, 5.74) is 0.389. The summed E-state index contributed by atoms with van der Waals surface area (Å²) >= 11 is 0. The average molecular weight is 299 g/mol. The Labute approximate surface area is 132 Å². The predicted octanol–water partition coefficient (Wildman–Crippen LogP) is 3.11. The van der Waals surface area contributed by atoms with Gasteiger partial charge in [-0.15, -0.1) is 0 Å². The van der Waals surface area contributed by atoms with Crippen LogP contribution in [-0.4, -0.2) is 40.3 Å². The molecule has 22 heavy (non-hydrogen) atoms. The molecule has 1 aliphatic rings. The smallest absolute Gasteiger partial charge is 0.0922 e. The number of β-amino-alcohol motifs (C(OH)–C–C–N with tert-alkyl or cyclic N) is 2. The second-order valence-electron chi connectivity index (χ2n) is 6.50. The van der Waals surface area contributed by atoms with Crippen molar-refractivity contribution in [1.29, 1.82) is 0 Å². The van der Waals surface area contributed by atoms with Gasteiger partial charge in [-0.25, -0.2) is 0 Å². The number of fused-ring (bicyclic) bond motifs is 1. The normalized spacial score (nSPS) is 24.5. The number of benzene rings is 2. The first kappa shape index (κ1) is 15.5. The van der Waals surface area contributed by atoms with Crippen molar-refractivity contribution in [2.24, 2.45) is 0 Å². The third kappa shape index (κ3) is 3.17. The number of piperidine rings is 1. The Bertz CT molecular complexity index is 637. The highest BCUT2D eigenvalue weighted by Gasteiger charge is 2.32. The molecule has 1 fully saturated rings. The molecule has 0 aromatic heterocycles. The van der Waals surface area contributed by atoms with Gasteiger partial charge in [0.2, 0.25) is 0 Å². The van der Waals surface area contributed by atoms with Crippen LogP contribution in [0.3, 0.4) is 0 Å². The van der Waals surface area contributed by atoms with Gasteiger partial charge in [-0.3, -0.25) is 4.90 Å². The zero-order chi connectivity index (χ0) is 15.6. The van der Waals surface area contributed by atoms with Gasteiger partial charge in [-0.1, -0.05) is 49.4 Å². The SMILES string of the molecule is CCC1(O)CCCN(C[C@H](O)c2cccc3ccccc23)C1. The Morgan fingerprint density at radius 2 is 1.95 bits per heavy atom. The van der Waals surface area contributed by atoms with Crippen LogP contribution >= 0.6 is 0 Å². The number of likely N-dealkylation sites (tertiary alicyclic amines) is 1. The first-order chi connectivity index (χ1) is 10.6. The summed E-state index contributed by atoms with van der Waals surface area (Å²) in [5, 5.41) is 23.4. The van der Waals surface area contributed by atoms with Crippen LogP contribution in [0.4, 0.5) is 0 Å². The summed E-state index contributed by atoms with van der Waals surface area (Å²) in [6, 6.07) is 14.2. The number of aliphatic hydroxyl groups is 2. The van der Waals surface area contributed by atoms with Gasteiger partial charge in [0.1, 0.15) is 0 Å². The van der Waals surface area contributed by atoms with Gasteiger partial charge < -0.3 is 10.2 Å². The molecule has 1 unspecified atom stereocenters. The minimum atomic E-state index is -0.587. The largest absolute Gasteiger partial charge is 0.389 e. The molecule has 1 aliphatic heterocycles. The number of hydrogen-bond donors (Lipinski definition) is 2. The van der Waals surface area contributed by atoms with Gasteiger partial charge in [0, 0.05) is 13.1 Å². The maximum atomic E-state index is 10.7. The fourth-order valence-electron chi connectivity index (χ4n) is 3.53. The summed E-state index contributed by atoms with van der Waals surface area (Å²) in [7, 11) is 0. The molecular weight excluding hydrogens is 274 g/mol. The van der Waals surface area contributed by atoms with Crippen molar-refractivity contribution < 1.29 is 10.2 Å². The molecule has 2 atom stereocenters. The zero-order valence-corrected chi connectivity index (χ0v) is 13.2. The summed E-state index contributed by atoms with van der Waals surface area (Å²) in [4.78, 5) is 2.19. The molecule has 0 spiro atoms. The molecule has 1 saturated heterocycles. The molecule has 2 aromatic carbocycles. The Hall–Kier alpha value is -1.42. The van der Waals surface area contributed by atoms with Gasteiger partial charge in [-0.05, 0) is 42.1 Å². The van der Waals surface area contributed by atoms with Gasteiger partial charge in [0.25, 0.3) is 0 Å². The van der Waals surface area contributed by atoms with E-state index in [9.17, 15) is 10.2 Å². The maximum absolute atomic E-state index is 10.7. The van der Waals surface area contributed by atoms with Gasteiger partial charge in [0.15, 0.2) is 0 Å². The molecule has 3 heteroatoms. The molecule has 118 valence electrons. The van der Waals surface area contributed by atoms with E-state index >= 15 is 0 Å². The van der Waals surface area contributed by atoms with E-state index in [0.717, 1.165) is 42.1 Å². The highest BCUT2D eigenvalue weighted by Crippen LogP contribution is 2.28. The number of rotatable bonds is 4. The van der Waals surface area contributed by atoms with Crippen LogP contribution in [0.5, 0.6) is 0 Å². The zero-order valence-electron chi connectivity index (χ0n) is 13.2. The predicted molar refractivity (Wildman–Crippen MR) is 89.8 cm³/mol. The Morgan fingerprint density at radius 1 is 1.18 bits per heavy atom. The third-order valence-electron chi connectivity index (χ3n) is 4.91. The molecule has 1 heterocycles. The highest BCUT2D eigenvalue weighted by atomic mass is 16.3. The van der Waals surface area contributed by atoms with Crippen molar-refractivity contribution >= 4 is 10.8 Å². The lowest BCUT2D eigenvalue weighted by Gasteiger charge is -2.39. The van der Waals surface area contributed by atoms with Crippen molar-refractivity contribution in [2.45, 2.75) is 37.9 Å². The van der Waals surface area contributed by atoms with Crippen molar-refractivity contribution in [3.63, 3.8) is 0 Å². The molecule has 2 aromatic rings. The van der Waals surface area contributed by atoms with Crippen LogP contribution < -0.4 is 0 Å². The van der Waals surface area contributed by atoms with Crippen LogP contribution in [0, 0.1) is 0 Å². The fraction of sp³-hybridized carbons (Fsp3) is 0.474. The molecule has 0 aliphatic carbocycles. The van der Waals surface area contributed by atoms with Crippen LogP contribution in [0.1, 0.15) is 37.9 Å². The Balaban J connectivity index is 1.77. The maximum Gasteiger partial charge on any atom is 0.0922 e. The molecular formula is C19H25NO2. The van der Waals surface area contributed by atoms with Gasteiger partial charge >= 0.3 is 0 Å². The molecule has 3 rings (SSSR count). The molecule has 0 radical (unpaired) electrons. The van der Waals surface area contributed by atoms with Crippen LogP contribution in [0.2, 0.25) is 0 Å². The van der Waals surface area contributed by atoms with Crippen LogP contribution in [0.15, 0.2) is 42.5 Å². The second-order valence-corrected chi connectivity index (χ2v) is 6.50. The van der Waals surface area contributed by atoms with Crippen molar-refractivity contribution in [3.8, 4) is 0 Å². The minimum absolute atomic E-state index is 0.523. The number of hydrogen-bond acceptors (Lipinski definition) is 3. The number of nitrogens with zero attached hydrogens (tertiary/aromatic N) is 1. The van der Waals surface area contributed by atoms with E-state index in [1.165, 1.54) is 0 Å². The summed E-state index contributed by atoms with van der Waals surface area (Å²) in [6.07, 6.45) is 2.11. The molecule has 3 nitrogen and oxygen atoms in total. The minimum Gasteiger partial charge on any atom is -0.389 e. The topological polar surface area (TPSA) is 43.7 Å². The van der Waals surface area contributed by atoms with Crippen molar-refractivity contribution in [1.82, 2.24) is 4.90 Å². The first-order valence-electron chi connectivity index (χ1n) is 8.22. The molecule has 2 N–H and O–H groups in total. The lowest BCUT2D eigenvalue weighted by molar-refractivity contribution is -0.0436. The lowest BCUT2D eigenvalue weighted by atomic mass is 9.90. The lowest BCUT2D eigenvalue weighted by Crippen LogP contribution is -2.48. The molecule has 0 bridgehead atoms. The summed E-state index contributed by atoms with van der Waals surface area (Å²) < 4.78 is 0. The fourth-order valence-corrected chi connectivity index (χ4v) is 3.53. The van der Waals surface area contributed by atoms with E-state index in [2.05, 4.69) is 23.1 Å². The Kier molecular flexibility index (Phi) is 4.48. The second kappa shape index (κ2) is 6.37. The molecule has 0 amide bonds. The quantitative estimate of drug-likeness (QED) is 0.911. The van der Waals surface area contributed by atoms with E-state index in [1.807, 2.05) is 31.2 Å². The Morgan fingerprint density at radius 3 is 2.77 bits per heavy atom. The van der Waals surface area contributed by atoms with E-state index in [1.54, 1.807) is 0 Å². The summed E-state index contributed by atoms with van der Waals surface area (Å²) in [6.45, 7) is 4.22. The van der Waals surface area contributed by atoms with Crippen LogP contribution in [-0.2, 0) is 0 Å². The van der Waals surface area contributed by atoms with Crippen molar-refractivity contribution in [3.05, 3.63) is 48.0 Å². The van der Waals surface area contributed by atoms with E-state index in [-0.39, 0.29) is 0 Å². The van der Waals surface area contributed by atoms with E-state index in [4.69, 9.17) is 0 Å². The van der Waals surface area contributed by atoms with E-state index in [0.29, 0.717) is 13.1 Å². The summed E-state index contributed by atoms with van der Waals surface area (Å²) in [5.74, 6) is 0. The highest BCUT2D eigenvalue weighted by molar-refractivity contribution is 5.85. The standard InChI is InChI=1S/C19H25NO2/c1-2-19(22)11-6-12-20(14-19)13-18(21)17-10-5-8-15-7-3-4-9-16(15)17/h3-5,7-10,18,21-22H,2,6,11-14H2,1H3/t18-,19?/m0/s1. The van der Waals surface area contributed by atoms with Gasteiger partial charge in [-0.2, -0.15) is 0 Å². The van der Waals surface area contributed by atoms with Gasteiger partial charge in [0.05, 0.1) is 11.7 Å². The number of aliphatic hydroxyl groups excluding tert-OH is 1. The first-order valence-corrected chi connectivity index (χ1v) is 8.22. The monoisotopic (exact) mass is 299 g/mol. The molecule has 0 saturated carbocycles. The van der Waals surface area contributed by atoms with Crippen molar-refractivity contribution in [2.75, 3.05) is 19.6 Å². The van der Waals surface area contributed by atoms with E-state index < -0.39 is 11.7 Å². The van der Waals surface area contributed by atoms with Crippen LogP contribution in [0.25, 0.3) is 10.8 Å². The third-order valence-corrected chi connectivity index (χ3v) is 4.91. The average Bonchev–Trinajstić information content (AvgIpc) is 2.54.